The Morgan fingerprint density at radius 2 is 1.88 bits per heavy atom. The van der Waals surface area contributed by atoms with Crippen molar-refractivity contribution >= 4 is 17.7 Å². The van der Waals surface area contributed by atoms with Crippen LogP contribution in [0, 0.1) is 11.3 Å². The van der Waals surface area contributed by atoms with Crippen molar-refractivity contribution in [2.45, 2.75) is 22.8 Å². The van der Waals surface area contributed by atoms with Gasteiger partial charge >= 0.3 is 0 Å². The third-order valence-corrected chi connectivity index (χ3v) is 4.92. The standard InChI is InChI=1S/C20H18N4OS/c21-15-16-7-1-3-9-18(16)26-19-10-4-2-8-17(19)20(25)22-11-5-13-24-14-6-12-23-24/h1-4,6-10,12,14H,5,11,13H2,(H,22,25). The van der Waals surface area contributed by atoms with Gasteiger partial charge in [0.1, 0.15) is 6.07 Å². The highest BCUT2D eigenvalue weighted by molar-refractivity contribution is 7.99. The average molecular weight is 362 g/mol. The number of nitrogens with one attached hydrogen (secondary N) is 1. The van der Waals surface area contributed by atoms with E-state index in [0.29, 0.717) is 17.7 Å². The van der Waals surface area contributed by atoms with Crippen molar-refractivity contribution in [1.82, 2.24) is 15.1 Å². The van der Waals surface area contributed by atoms with Gasteiger partial charge in [-0.15, -0.1) is 0 Å². The van der Waals surface area contributed by atoms with Crippen LogP contribution in [0.1, 0.15) is 22.3 Å². The minimum Gasteiger partial charge on any atom is -0.352 e. The molecule has 0 aliphatic rings. The van der Waals surface area contributed by atoms with Gasteiger partial charge in [0.05, 0.1) is 11.1 Å². The molecule has 26 heavy (non-hydrogen) atoms. The van der Waals surface area contributed by atoms with Gasteiger partial charge in [-0.1, -0.05) is 36.0 Å². The fourth-order valence-corrected chi connectivity index (χ4v) is 3.51. The molecule has 0 saturated heterocycles. The molecule has 3 aromatic rings. The molecule has 1 heterocycles. The molecule has 0 radical (unpaired) electrons. The normalized spacial score (nSPS) is 10.3. The van der Waals surface area contributed by atoms with E-state index < -0.39 is 0 Å². The highest BCUT2D eigenvalue weighted by atomic mass is 32.2. The van der Waals surface area contributed by atoms with E-state index in [0.717, 1.165) is 22.8 Å². The lowest BCUT2D eigenvalue weighted by Crippen LogP contribution is -2.25. The van der Waals surface area contributed by atoms with Crippen molar-refractivity contribution < 1.29 is 4.79 Å². The van der Waals surface area contributed by atoms with Gasteiger partial charge in [-0.2, -0.15) is 10.4 Å². The maximum Gasteiger partial charge on any atom is 0.252 e. The van der Waals surface area contributed by atoms with Crippen LogP contribution in [-0.4, -0.2) is 22.2 Å². The first kappa shape index (κ1) is 17.8. The molecule has 1 amide bonds. The maximum absolute atomic E-state index is 12.6. The summed E-state index contributed by atoms with van der Waals surface area (Å²) < 4.78 is 1.84. The molecular weight excluding hydrogens is 344 g/mol. The zero-order valence-corrected chi connectivity index (χ0v) is 14.9. The van der Waals surface area contributed by atoms with E-state index in [1.54, 1.807) is 18.3 Å². The summed E-state index contributed by atoms with van der Waals surface area (Å²) in [5.74, 6) is -0.108. The summed E-state index contributed by atoms with van der Waals surface area (Å²) in [7, 11) is 0. The molecule has 3 rings (SSSR count). The number of benzene rings is 2. The number of aryl methyl sites for hydroxylation is 1. The highest BCUT2D eigenvalue weighted by Gasteiger charge is 2.13. The van der Waals surface area contributed by atoms with Gasteiger partial charge in [-0.05, 0) is 36.8 Å². The van der Waals surface area contributed by atoms with Crippen molar-refractivity contribution in [2.75, 3.05) is 6.54 Å². The summed E-state index contributed by atoms with van der Waals surface area (Å²) in [5, 5.41) is 16.3. The van der Waals surface area contributed by atoms with Gasteiger partial charge < -0.3 is 5.32 Å². The molecule has 6 heteroatoms. The SMILES string of the molecule is N#Cc1ccccc1Sc1ccccc1C(=O)NCCCn1cccn1. The Balaban J connectivity index is 1.64. The summed E-state index contributed by atoms with van der Waals surface area (Å²) >= 11 is 1.43. The predicted molar refractivity (Wildman–Crippen MR) is 101 cm³/mol. The third kappa shape index (κ3) is 4.52. The fraction of sp³-hybridized carbons (Fsp3) is 0.150. The monoisotopic (exact) mass is 362 g/mol. The van der Waals surface area contributed by atoms with Crippen LogP contribution in [-0.2, 0) is 6.54 Å². The molecule has 130 valence electrons. The summed E-state index contributed by atoms with van der Waals surface area (Å²) in [5.41, 5.74) is 1.22. The van der Waals surface area contributed by atoms with E-state index in [1.165, 1.54) is 11.8 Å². The molecule has 0 fully saturated rings. The molecule has 5 nitrogen and oxygen atoms in total. The largest absolute Gasteiger partial charge is 0.352 e. The number of nitrogens with zero attached hydrogens (tertiary/aromatic N) is 3. The zero-order chi connectivity index (χ0) is 18.2. The number of amides is 1. The topological polar surface area (TPSA) is 70.7 Å². The second kappa shape index (κ2) is 8.88. The van der Waals surface area contributed by atoms with Crippen molar-refractivity contribution in [1.29, 1.82) is 5.26 Å². The summed E-state index contributed by atoms with van der Waals surface area (Å²) in [6.07, 6.45) is 4.45. The van der Waals surface area contributed by atoms with E-state index >= 15 is 0 Å². The summed E-state index contributed by atoms with van der Waals surface area (Å²) in [4.78, 5) is 14.2. The molecule has 0 unspecified atom stereocenters. The van der Waals surface area contributed by atoms with Crippen LogP contribution in [0.15, 0.2) is 76.8 Å². The van der Waals surface area contributed by atoms with Crippen LogP contribution in [0.25, 0.3) is 0 Å². The smallest absolute Gasteiger partial charge is 0.252 e. The Kier molecular flexibility index (Phi) is 6.07. The Bertz CT molecular complexity index is 916. The first-order valence-electron chi connectivity index (χ1n) is 8.29. The van der Waals surface area contributed by atoms with Crippen LogP contribution in [0.2, 0.25) is 0 Å². The molecule has 0 bridgehead atoms. The first-order valence-corrected chi connectivity index (χ1v) is 9.11. The summed E-state index contributed by atoms with van der Waals surface area (Å²) in [6, 6.07) is 18.9. The third-order valence-electron chi connectivity index (χ3n) is 3.77. The number of carbonyl (C=O) groups is 1. The van der Waals surface area contributed by atoms with Crippen LogP contribution < -0.4 is 5.32 Å². The molecule has 0 aliphatic carbocycles. The van der Waals surface area contributed by atoms with Gasteiger partial charge in [0.25, 0.3) is 5.91 Å². The molecule has 0 spiro atoms. The summed E-state index contributed by atoms with van der Waals surface area (Å²) in [6.45, 7) is 1.34. The second-order valence-corrected chi connectivity index (χ2v) is 6.67. The number of hydrogen-bond donors (Lipinski definition) is 1. The molecule has 1 aromatic heterocycles. The molecule has 2 aromatic carbocycles. The van der Waals surface area contributed by atoms with E-state index in [1.807, 2.05) is 53.3 Å². The molecule has 0 aliphatic heterocycles. The van der Waals surface area contributed by atoms with Gasteiger partial charge in [0, 0.05) is 35.3 Å². The minimum absolute atomic E-state index is 0.108. The van der Waals surface area contributed by atoms with Crippen molar-refractivity contribution in [3.8, 4) is 6.07 Å². The molecule has 0 saturated carbocycles. The lowest BCUT2D eigenvalue weighted by atomic mass is 10.2. The van der Waals surface area contributed by atoms with Crippen LogP contribution in [0.5, 0.6) is 0 Å². The van der Waals surface area contributed by atoms with E-state index in [2.05, 4.69) is 16.5 Å². The van der Waals surface area contributed by atoms with Gasteiger partial charge in [-0.25, -0.2) is 0 Å². The van der Waals surface area contributed by atoms with Crippen molar-refractivity contribution in [2.24, 2.45) is 0 Å². The van der Waals surface area contributed by atoms with Crippen molar-refractivity contribution in [3.63, 3.8) is 0 Å². The minimum atomic E-state index is -0.108. The maximum atomic E-state index is 12.6. The molecular formula is C20H18N4OS. The molecule has 1 N–H and O–H groups in total. The molecule has 0 atom stereocenters. The van der Waals surface area contributed by atoms with Crippen LogP contribution in [0.3, 0.4) is 0 Å². The Labute approximate surface area is 156 Å². The number of carbonyl (C=O) groups excluding carboxylic acids is 1. The van der Waals surface area contributed by atoms with Gasteiger partial charge in [0.15, 0.2) is 0 Å². The number of hydrogen-bond acceptors (Lipinski definition) is 4. The van der Waals surface area contributed by atoms with Crippen LogP contribution in [0.4, 0.5) is 0 Å². The Morgan fingerprint density at radius 3 is 2.65 bits per heavy atom. The van der Waals surface area contributed by atoms with Crippen LogP contribution >= 0.6 is 11.8 Å². The average Bonchev–Trinajstić information content (AvgIpc) is 3.19. The highest BCUT2D eigenvalue weighted by Crippen LogP contribution is 2.32. The Morgan fingerprint density at radius 1 is 1.12 bits per heavy atom. The van der Waals surface area contributed by atoms with Gasteiger partial charge in [-0.3, -0.25) is 9.48 Å². The first-order chi connectivity index (χ1) is 12.8. The second-order valence-electron chi connectivity index (χ2n) is 5.58. The predicted octanol–water partition coefficient (Wildman–Crippen LogP) is 3.73. The number of nitriles is 1. The fourth-order valence-electron chi connectivity index (χ4n) is 2.48. The number of aromatic nitrogens is 2. The zero-order valence-electron chi connectivity index (χ0n) is 14.1. The lowest BCUT2D eigenvalue weighted by molar-refractivity contribution is 0.0949. The Hall–Kier alpha value is -3.04. The van der Waals surface area contributed by atoms with Crippen molar-refractivity contribution in [3.05, 3.63) is 78.1 Å². The quantitative estimate of drug-likeness (QED) is 0.650. The van der Waals surface area contributed by atoms with E-state index in [4.69, 9.17) is 0 Å². The lowest BCUT2D eigenvalue weighted by Gasteiger charge is -2.10. The van der Waals surface area contributed by atoms with E-state index in [9.17, 15) is 10.1 Å². The number of rotatable bonds is 7. The van der Waals surface area contributed by atoms with Gasteiger partial charge in [0.2, 0.25) is 0 Å². The van der Waals surface area contributed by atoms with E-state index in [-0.39, 0.29) is 5.91 Å².